The van der Waals surface area contributed by atoms with E-state index in [9.17, 15) is 13.6 Å². The van der Waals surface area contributed by atoms with Crippen molar-refractivity contribution in [2.45, 2.75) is 12.3 Å². The van der Waals surface area contributed by atoms with Crippen LogP contribution in [0, 0.1) is 0 Å². The highest BCUT2D eigenvalue weighted by atomic mass is 35.5. The van der Waals surface area contributed by atoms with Crippen LogP contribution in [0.25, 0.3) is 0 Å². The first-order valence-corrected chi connectivity index (χ1v) is 4.29. The first-order chi connectivity index (χ1) is 6.83. The summed E-state index contributed by atoms with van der Waals surface area (Å²) in [6, 6.07) is 2.87. The van der Waals surface area contributed by atoms with E-state index >= 15 is 0 Å². The van der Waals surface area contributed by atoms with Crippen molar-refractivity contribution in [1.29, 1.82) is 0 Å². The van der Waals surface area contributed by atoms with E-state index in [1.807, 2.05) is 0 Å². The fourth-order valence-electron chi connectivity index (χ4n) is 1.09. The van der Waals surface area contributed by atoms with E-state index in [-0.39, 0.29) is 10.8 Å². The molecule has 0 heterocycles. The Bertz CT molecular complexity index is 393. The maximum Gasteiger partial charge on any atom is 0.309 e. The first kappa shape index (κ1) is 11.7. The molecule has 0 saturated carbocycles. The van der Waals surface area contributed by atoms with E-state index in [2.05, 4.69) is 0 Å². The third-order valence-electron chi connectivity index (χ3n) is 1.72. The molecule has 15 heavy (non-hydrogen) atoms. The van der Waals surface area contributed by atoms with Crippen LogP contribution in [0.3, 0.4) is 0 Å². The van der Waals surface area contributed by atoms with Crippen molar-refractivity contribution >= 4 is 17.6 Å². The zero-order valence-electron chi connectivity index (χ0n) is 7.38. The Labute approximate surface area is 88.9 Å². The molecule has 0 aromatic heterocycles. The van der Waals surface area contributed by atoms with Gasteiger partial charge in [0.15, 0.2) is 0 Å². The van der Waals surface area contributed by atoms with Gasteiger partial charge in [0.05, 0.1) is 5.02 Å². The van der Waals surface area contributed by atoms with E-state index in [1.54, 1.807) is 0 Å². The van der Waals surface area contributed by atoms with Gasteiger partial charge >= 0.3 is 5.97 Å². The van der Waals surface area contributed by atoms with Crippen LogP contribution >= 0.6 is 11.6 Å². The summed E-state index contributed by atoms with van der Waals surface area (Å²) in [5.41, 5.74) is -0.607. The molecule has 6 heteroatoms. The molecule has 0 spiro atoms. The van der Waals surface area contributed by atoms with Crippen molar-refractivity contribution in [3.8, 4) is 5.75 Å². The quantitative estimate of drug-likeness (QED) is 0.848. The van der Waals surface area contributed by atoms with Crippen molar-refractivity contribution in [3.63, 3.8) is 0 Å². The van der Waals surface area contributed by atoms with Crippen LogP contribution in [0.15, 0.2) is 18.2 Å². The second-order valence-electron chi connectivity index (χ2n) is 2.94. The number of hydrogen-bond acceptors (Lipinski definition) is 2. The molecule has 0 bridgehead atoms. The van der Waals surface area contributed by atoms with Gasteiger partial charge in [0.25, 0.3) is 5.92 Å². The van der Waals surface area contributed by atoms with Gasteiger partial charge < -0.3 is 10.2 Å². The molecule has 0 atom stereocenters. The molecule has 3 nitrogen and oxygen atoms in total. The van der Waals surface area contributed by atoms with Crippen molar-refractivity contribution < 1.29 is 23.8 Å². The van der Waals surface area contributed by atoms with Gasteiger partial charge in [-0.25, -0.2) is 8.78 Å². The van der Waals surface area contributed by atoms with Crippen molar-refractivity contribution in [2.24, 2.45) is 0 Å². The molecule has 0 amide bonds. The normalized spacial score (nSPS) is 11.4. The second kappa shape index (κ2) is 4.02. The average molecular weight is 237 g/mol. The van der Waals surface area contributed by atoms with Gasteiger partial charge in [0.2, 0.25) is 0 Å². The number of phenols is 1. The zero-order valence-corrected chi connectivity index (χ0v) is 8.13. The summed E-state index contributed by atoms with van der Waals surface area (Å²) in [6.07, 6.45) is -1.34. The largest absolute Gasteiger partial charge is 0.508 e. The highest BCUT2D eigenvalue weighted by Gasteiger charge is 2.36. The van der Waals surface area contributed by atoms with E-state index in [4.69, 9.17) is 21.8 Å². The summed E-state index contributed by atoms with van der Waals surface area (Å²) < 4.78 is 26.5. The highest BCUT2D eigenvalue weighted by Crippen LogP contribution is 2.37. The number of alkyl halides is 2. The SMILES string of the molecule is O=C(O)CC(F)(F)c1ccc(O)cc1Cl. The molecule has 0 aliphatic carbocycles. The van der Waals surface area contributed by atoms with E-state index in [1.165, 1.54) is 0 Å². The molecule has 82 valence electrons. The second-order valence-corrected chi connectivity index (χ2v) is 3.35. The fraction of sp³-hybridized carbons (Fsp3) is 0.222. The van der Waals surface area contributed by atoms with Crippen LogP contribution in [0.5, 0.6) is 5.75 Å². The van der Waals surface area contributed by atoms with Crippen LogP contribution in [-0.2, 0) is 10.7 Å². The van der Waals surface area contributed by atoms with Crippen LogP contribution in [-0.4, -0.2) is 16.2 Å². The molecule has 1 rings (SSSR count). The Kier molecular flexibility index (Phi) is 3.14. The maximum absolute atomic E-state index is 13.3. The lowest BCUT2D eigenvalue weighted by Gasteiger charge is -2.15. The van der Waals surface area contributed by atoms with Gasteiger partial charge in [-0.05, 0) is 18.2 Å². The smallest absolute Gasteiger partial charge is 0.309 e. The minimum absolute atomic E-state index is 0.255. The molecule has 1 aromatic carbocycles. The fourth-order valence-corrected chi connectivity index (χ4v) is 1.40. The van der Waals surface area contributed by atoms with E-state index in [0.29, 0.717) is 0 Å². The summed E-state index contributed by atoms with van der Waals surface area (Å²) in [5.74, 6) is -5.42. The number of aromatic hydroxyl groups is 1. The number of carboxylic acids is 1. The summed E-state index contributed by atoms with van der Waals surface area (Å²) in [4.78, 5) is 10.2. The van der Waals surface area contributed by atoms with Gasteiger partial charge in [0, 0.05) is 5.56 Å². The molecule has 1 aromatic rings. The van der Waals surface area contributed by atoms with E-state index in [0.717, 1.165) is 18.2 Å². The predicted molar refractivity (Wildman–Crippen MR) is 49.3 cm³/mol. The Morgan fingerprint density at radius 1 is 1.47 bits per heavy atom. The number of phenolic OH excluding ortho intramolecular Hbond substituents is 1. The minimum Gasteiger partial charge on any atom is -0.508 e. The Morgan fingerprint density at radius 3 is 2.53 bits per heavy atom. The molecule has 0 aliphatic heterocycles. The maximum atomic E-state index is 13.3. The number of halogens is 3. The van der Waals surface area contributed by atoms with E-state index < -0.39 is 23.9 Å². The Morgan fingerprint density at radius 2 is 2.07 bits per heavy atom. The molecule has 0 unspecified atom stereocenters. The van der Waals surface area contributed by atoms with Crippen LogP contribution in [0.2, 0.25) is 5.02 Å². The third kappa shape index (κ3) is 2.79. The topological polar surface area (TPSA) is 57.5 Å². The lowest BCUT2D eigenvalue weighted by molar-refractivity contribution is -0.145. The summed E-state index contributed by atoms with van der Waals surface area (Å²) in [7, 11) is 0. The predicted octanol–water partition coefficient (Wildman–Crippen LogP) is 2.61. The monoisotopic (exact) mass is 236 g/mol. The molecule has 0 saturated heterocycles. The number of carboxylic acid groups (broad SMARTS) is 1. The van der Waals surface area contributed by atoms with Crippen LogP contribution in [0.1, 0.15) is 12.0 Å². The average Bonchev–Trinajstić information content (AvgIpc) is 1.99. The first-order valence-electron chi connectivity index (χ1n) is 3.91. The molecule has 0 aliphatic rings. The van der Waals surface area contributed by atoms with Gasteiger partial charge in [-0.2, -0.15) is 0 Å². The van der Waals surface area contributed by atoms with Crippen molar-refractivity contribution in [3.05, 3.63) is 28.8 Å². The lowest BCUT2D eigenvalue weighted by atomic mass is 10.1. The number of benzene rings is 1. The van der Waals surface area contributed by atoms with Crippen molar-refractivity contribution in [2.75, 3.05) is 0 Å². The summed E-state index contributed by atoms with van der Waals surface area (Å²) in [5, 5.41) is 16.9. The standard InChI is InChI=1S/C9H7ClF2O3/c10-7-3-5(13)1-2-6(7)9(11,12)4-8(14)15/h1-3,13H,4H2,(H,14,15). The summed E-state index contributed by atoms with van der Waals surface area (Å²) >= 11 is 5.46. The molecule has 2 N–H and O–H groups in total. The lowest BCUT2D eigenvalue weighted by Crippen LogP contribution is -2.18. The van der Waals surface area contributed by atoms with Crippen LogP contribution in [0.4, 0.5) is 8.78 Å². The number of rotatable bonds is 3. The highest BCUT2D eigenvalue weighted by molar-refractivity contribution is 6.31. The Balaban J connectivity index is 3.09. The number of aliphatic carboxylic acids is 1. The molecular formula is C9H7ClF2O3. The van der Waals surface area contributed by atoms with Gasteiger partial charge in [-0.15, -0.1) is 0 Å². The van der Waals surface area contributed by atoms with Crippen molar-refractivity contribution in [1.82, 2.24) is 0 Å². The summed E-state index contributed by atoms with van der Waals surface area (Å²) in [6.45, 7) is 0. The zero-order chi connectivity index (χ0) is 11.6. The number of hydrogen-bond donors (Lipinski definition) is 2. The molecule has 0 fully saturated rings. The van der Waals surface area contributed by atoms with Gasteiger partial charge in [-0.3, -0.25) is 4.79 Å². The third-order valence-corrected chi connectivity index (χ3v) is 2.03. The number of carbonyl (C=O) groups is 1. The van der Waals surface area contributed by atoms with Gasteiger partial charge in [0.1, 0.15) is 12.2 Å². The van der Waals surface area contributed by atoms with Crippen LogP contribution < -0.4 is 0 Å². The molecular weight excluding hydrogens is 230 g/mol. The molecule has 0 radical (unpaired) electrons. The van der Waals surface area contributed by atoms with Gasteiger partial charge in [-0.1, -0.05) is 11.6 Å². The Hall–Kier alpha value is -1.36. The minimum atomic E-state index is -3.55.